The van der Waals surface area contributed by atoms with Crippen LogP contribution in [-0.4, -0.2) is 37.0 Å². The summed E-state index contributed by atoms with van der Waals surface area (Å²) in [5.41, 5.74) is 2.45. The van der Waals surface area contributed by atoms with Gasteiger partial charge in [-0.3, -0.25) is 14.9 Å². The summed E-state index contributed by atoms with van der Waals surface area (Å²) in [5.74, 6) is 0.705. The van der Waals surface area contributed by atoms with Crippen LogP contribution in [0.2, 0.25) is 0 Å². The van der Waals surface area contributed by atoms with E-state index in [9.17, 15) is 14.4 Å². The molecule has 0 aromatic heterocycles. The smallest absolute Gasteiger partial charge is 0.322 e. The van der Waals surface area contributed by atoms with Gasteiger partial charge in [0.2, 0.25) is 0 Å². The number of benzene rings is 2. The highest BCUT2D eigenvalue weighted by Crippen LogP contribution is 2.42. The van der Waals surface area contributed by atoms with Gasteiger partial charge in [-0.05, 0) is 72.4 Å². The van der Waals surface area contributed by atoms with Crippen LogP contribution in [0.4, 0.5) is 4.79 Å². The Morgan fingerprint density at radius 2 is 1.84 bits per heavy atom. The summed E-state index contributed by atoms with van der Waals surface area (Å²) >= 11 is 0. The van der Waals surface area contributed by atoms with Crippen LogP contribution in [0.15, 0.2) is 42.5 Å². The topological polar surface area (TPSA) is 96.5 Å². The number of carbonyl (C=O) groups is 3. The normalized spacial score (nSPS) is 22.6. The zero-order chi connectivity index (χ0) is 21.6. The predicted molar refractivity (Wildman–Crippen MR) is 115 cm³/mol. The second-order valence-corrected chi connectivity index (χ2v) is 8.64. The number of methoxy groups -OCH3 is 1. The minimum atomic E-state index is -1.06. The summed E-state index contributed by atoms with van der Waals surface area (Å²) in [7, 11) is 1.59. The summed E-state index contributed by atoms with van der Waals surface area (Å²) in [6.07, 6.45) is 4.17. The van der Waals surface area contributed by atoms with Crippen molar-refractivity contribution in [3.8, 4) is 16.9 Å². The number of urea groups is 1. The SMILES string of the molecule is COc1ccc(C(=O)NC[C@@]2(C3CC3)NC(=O)NC2=O)c(-c2ccc(C3CC3)cc2)c1. The standard InChI is InChI=1S/C24H25N3O4/c1-31-18-10-11-19(20(12-18)16-6-4-15(5-7-16)14-2-3-14)21(28)25-13-24(17-8-9-17)22(29)26-23(30)27-24/h4-7,10-12,14,17H,2-3,8-9,13H2,1H3,(H,25,28)(H2,26,27,29,30)/t24-/m0/s1. The Bertz CT molecular complexity index is 1060. The van der Waals surface area contributed by atoms with Gasteiger partial charge in [-0.15, -0.1) is 0 Å². The Kier molecular flexibility index (Phi) is 4.68. The maximum Gasteiger partial charge on any atom is 0.322 e. The van der Waals surface area contributed by atoms with Gasteiger partial charge < -0.3 is 15.4 Å². The van der Waals surface area contributed by atoms with Crippen LogP contribution >= 0.6 is 0 Å². The lowest BCUT2D eigenvalue weighted by Gasteiger charge is -2.26. The summed E-state index contributed by atoms with van der Waals surface area (Å²) in [4.78, 5) is 37.3. The fourth-order valence-corrected chi connectivity index (χ4v) is 4.39. The summed E-state index contributed by atoms with van der Waals surface area (Å²) in [6.45, 7) is 0.0557. The number of imide groups is 1. The molecule has 2 aromatic carbocycles. The summed E-state index contributed by atoms with van der Waals surface area (Å²) < 4.78 is 5.37. The molecule has 1 heterocycles. The van der Waals surface area contributed by atoms with E-state index in [-0.39, 0.29) is 24.3 Å². The fraction of sp³-hybridized carbons (Fsp3) is 0.375. The van der Waals surface area contributed by atoms with Crippen LogP contribution in [0.1, 0.15) is 47.5 Å². The maximum atomic E-state index is 13.2. The first-order valence-corrected chi connectivity index (χ1v) is 10.7. The Balaban J connectivity index is 1.40. The molecular formula is C24H25N3O4. The highest BCUT2D eigenvalue weighted by molar-refractivity contribution is 6.08. The highest BCUT2D eigenvalue weighted by Gasteiger charge is 2.56. The van der Waals surface area contributed by atoms with E-state index in [0.717, 1.165) is 24.0 Å². The van der Waals surface area contributed by atoms with Gasteiger partial charge in [-0.1, -0.05) is 24.3 Å². The molecule has 0 radical (unpaired) electrons. The number of hydrogen-bond acceptors (Lipinski definition) is 4. The molecule has 5 rings (SSSR count). The zero-order valence-corrected chi connectivity index (χ0v) is 17.4. The van der Waals surface area contributed by atoms with Gasteiger partial charge in [0.1, 0.15) is 11.3 Å². The van der Waals surface area contributed by atoms with Gasteiger partial charge in [-0.2, -0.15) is 0 Å². The van der Waals surface area contributed by atoms with Crippen LogP contribution in [0.5, 0.6) is 5.75 Å². The van der Waals surface area contributed by atoms with Crippen molar-refractivity contribution in [1.82, 2.24) is 16.0 Å². The number of ether oxygens (including phenoxy) is 1. The first kappa shape index (κ1) is 19.6. The van der Waals surface area contributed by atoms with Gasteiger partial charge in [-0.25, -0.2) is 4.79 Å². The van der Waals surface area contributed by atoms with E-state index in [1.165, 1.54) is 18.4 Å². The molecule has 3 N–H and O–H groups in total. The van der Waals surface area contributed by atoms with Crippen molar-refractivity contribution in [2.45, 2.75) is 37.1 Å². The Hall–Kier alpha value is -3.35. The third-order valence-electron chi connectivity index (χ3n) is 6.51. The molecule has 3 fully saturated rings. The van der Waals surface area contributed by atoms with Crippen molar-refractivity contribution in [1.29, 1.82) is 0 Å². The van der Waals surface area contributed by atoms with E-state index in [1.807, 2.05) is 18.2 Å². The molecule has 1 atom stereocenters. The first-order chi connectivity index (χ1) is 15.0. The largest absolute Gasteiger partial charge is 0.497 e. The molecule has 2 saturated carbocycles. The monoisotopic (exact) mass is 419 g/mol. The predicted octanol–water partition coefficient (Wildman–Crippen LogP) is 2.96. The molecule has 0 unspecified atom stereocenters. The van der Waals surface area contributed by atoms with Crippen molar-refractivity contribution < 1.29 is 19.1 Å². The van der Waals surface area contributed by atoms with Crippen LogP contribution in [0.3, 0.4) is 0 Å². The van der Waals surface area contributed by atoms with E-state index in [1.54, 1.807) is 19.2 Å². The minimum absolute atomic E-state index is 0.0459. The lowest BCUT2D eigenvalue weighted by Crippen LogP contribution is -2.57. The lowest BCUT2D eigenvalue weighted by atomic mass is 9.92. The number of nitrogens with one attached hydrogen (secondary N) is 3. The van der Waals surface area contributed by atoms with E-state index in [0.29, 0.717) is 17.2 Å². The quantitative estimate of drug-likeness (QED) is 0.601. The lowest BCUT2D eigenvalue weighted by molar-refractivity contribution is -0.124. The van der Waals surface area contributed by atoms with Gasteiger partial charge in [0, 0.05) is 5.56 Å². The number of carbonyl (C=O) groups excluding carboxylic acids is 3. The molecule has 1 saturated heterocycles. The molecule has 160 valence electrons. The first-order valence-electron chi connectivity index (χ1n) is 10.7. The highest BCUT2D eigenvalue weighted by atomic mass is 16.5. The molecule has 7 heteroatoms. The third kappa shape index (κ3) is 3.65. The Morgan fingerprint density at radius 1 is 1.10 bits per heavy atom. The third-order valence-corrected chi connectivity index (χ3v) is 6.51. The summed E-state index contributed by atoms with van der Waals surface area (Å²) in [6, 6.07) is 13.1. The van der Waals surface area contributed by atoms with Crippen LogP contribution in [-0.2, 0) is 4.79 Å². The molecule has 1 aliphatic heterocycles. The average molecular weight is 419 g/mol. The Morgan fingerprint density at radius 3 is 2.42 bits per heavy atom. The van der Waals surface area contributed by atoms with Gasteiger partial charge in [0.05, 0.1) is 13.7 Å². The second kappa shape index (κ2) is 7.41. The molecule has 0 spiro atoms. The minimum Gasteiger partial charge on any atom is -0.497 e. The van der Waals surface area contributed by atoms with E-state index in [4.69, 9.17) is 4.74 Å². The van der Waals surface area contributed by atoms with Crippen LogP contribution in [0, 0.1) is 5.92 Å². The molecule has 0 bridgehead atoms. The van der Waals surface area contributed by atoms with Gasteiger partial charge in [0.15, 0.2) is 0 Å². The number of rotatable bonds is 7. The maximum absolute atomic E-state index is 13.2. The Labute approximate surface area is 180 Å². The summed E-state index contributed by atoms with van der Waals surface area (Å²) in [5, 5.41) is 7.93. The van der Waals surface area contributed by atoms with Gasteiger partial charge in [0.25, 0.3) is 11.8 Å². The van der Waals surface area contributed by atoms with Crippen molar-refractivity contribution in [3.05, 3.63) is 53.6 Å². The number of amides is 4. The number of hydrogen-bond donors (Lipinski definition) is 3. The molecular weight excluding hydrogens is 394 g/mol. The molecule has 7 nitrogen and oxygen atoms in total. The van der Waals surface area contributed by atoms with E-state index in [2.05, 4.69) is 28.1 Å². The van der Waals surface area contributed by atoms with Crippen LogP contribution < -0.4 is 20.7 Å². The molecule has 31 heavy (non-hydrogen) atoms. The second-order valence-electron chi connectivity index (χ2n) is 8.64. The molecule has 2 aromatic rings. The zero-order valence-electron chi connectivity index (χ0n) is 17.4. The van der Waals surface area contributed by atoms with E-state index < -0.39 is 11.6 Å². The molecule has 3 aliphatic rings. The van der Waals surface area contributed by atoms with Gasteiger partial charge >= 0.3 is 6.03 Å². The van der Waals surface area contributed by atoms with Crippen molar-refractivity contribution in [2.24, 2.45) is 5.92 Å². The molecule has 4 amide bonds. The van der Waals surface area contributed by atoms with Crippen LogP contribution in [0.25, 0.3) is 11.1 Å². The van der Waals surface area contributed by atoms with Crippen molar-refractivity contribution in [3.63, 3.8) is 0 Å². The van der Waals surface area contributed by atoms with Crippen molar-refractivity contribution >= 4 is 17.8 Å². The average Bonchev–Trinajstić information content (AvgIpc) is 3.69. The van der Waals surface area contributed by atoms with Crippen molar-refractivity contribution in [2.75, 3.05) is 13.7 Å². The van der Waals surface area contributed by atoms with E-state index >= 15 is 0 Å². The molecule has 2 aliphatic carbocycles. The fourth-order valence-electron chi connectivity index (χ4n) is 4.39.